The molecule has 4 rings (SSSR count). The molecule has 1 aromatic carbocycles. The van der Waals surface area contributed by atoms with E-state index in [-0.39, 0.29) is 5.97 Å². The van der Waals surface area contributed by atoms with Crippen LogP contribution in [0.1, 0.15) is 46.0 Å². The van der Waals surface area contributed by atoms with Crippen LogP contribution in [0.15, 0.2) is 47.2 Å². The molecule has 0 aliphatic heterocycles. The number of carbonyl (C=O) groups is 1. The molecule has 7 heteroatoms. The molecule has 3 aromatic rings. The highest BCUT2D eigenvalue weighted by molar-refractivity contribution is 5.95. The van der Waals surface area contributed by atoms with Gasteiger partial charge in [-0.25, -0.2) is 4.79 Å². The lowest BCUT2D eigenvalue weighted by Gasteiger charge is -2.28. The number of nitrogens with one attached hydrogen (secondary N) is 1. The van der Waals surface area contributed by atoms with E-state index in [1.165, 1.54) is 18.2 Å². The van der Waals surface area contributed by atoms with Gasteiger partial charge in [0.2, 0.25) is 0 Å². The van der Waals surface area contributed by atoms with Gasteiger partial charge in [0.25, 0.3) is 0 Å². The first-order valence-corrected chi connectivity index (χ1v) is 10.1. The van der Waals surface area contributed by atoms with Crippen molar-refractivity contribution in [3.63, 3.8) is 0 Å². The highest BCUT2D eigenvalue weighted by Gasteiger charge is 2.22. The summed E-state index contributed by atoms with van der Waals surface area (Å²) in [7, 11) is 3.39. The maximum atomic E-state index is 12.0. The summed E-state index contributed by atoms with van der Waals surface area (Å²) in [6.07, 6.45) is 6.57. The number of anilines is 3. The van der Waals surface area contributed by atoms with Gasteiger partial charge >= 0.3 is 5.97 Å². The Bertz CT molecular complexity index is 1050. The Hall–Kier alpha value is -3.35. The lowest BCUT2D eigenvalue weighted by Crippen LogP contribution is -2.20. The van der Waals surface area contributed by atoms with Crippen molar-refractivity contribution in [2.75, 3.05) is 30.9 Å². The van der Waals surface area contributed by atoms with Crippen LogP contribution < -0.4 is 10.2 Å². The van der Waals surface area contributed by atoms with Crippen molar-refractivity contribution < 1.29 is 14.1 Å². The fourth-order valence-corrected chi connectivity index (χ4v) is 4.02. The molecular formula is C23H26N4O3. The molecule has 1 aliphatic rings. The normalized spacial score (nSPS) is 15.4. The number of fused-ring (bicyclic) bond motifs is 1. The molecule has 0 unspecified atom stereocenters. The SMILES string of the molecule is COC(=O)c1ccncc1NC[C@@H]1CCCc2cc(N(C)c3cc(C)on3)ccc21. The lowest BCUT2D eigenvalue weighted by atomic mass is 9.82. The molecule has 2 heterocycles. The molecule has 2 aromatic heterocycles. The highest BCUT2D eigenvalue weighted by atomic mass is 16.5. The van der Waals surface area contributed by atoms with Gasteiger partial charge in [-0.2, -0.15) is 0 Å². The molecule has 0 bridgehead atoms. The molecule has 1 N–H and O–H groups in total. The number of methoxy groups -OCH3 is 1. The average Bonchev–Trinajstić information content (AvgIpc) is 3.22. The molecule has 0 saturated carbocycles. The number of aryl methyl sites for hydroxylation is 2. The zero-order valence-corrected chi connectivity index (χ0v) is 17.5. The number of ether oxygens (including phenoxy) is 1. The van der Waals surface area contributed by atoms with Gasteiger partial charge in [0.1, 0.15) is 5.76 Å². The second kappa shape index (κ2) is 8.57. The van der Waals surface area contributed by atoms with Crippen LogP contribution in [0.2, 0.25) is 0 Å². The van der Waals surface area contributed by atoms with E-state index in [9.17, 15) is 4.79 Å². The molecule has 0 saturated heterocycles. The number of esters is 1. The number of aromatic nitrogens is 2. The second-order valence-corrected chi connectivity index (χ2v) is 7.62. The fourth-order valence-electron chi connectivity index (χ4n) is 4.02. The average molecular weight is 406 g/mol. The fraction of sp³-hybridized carbons (Fsp3) is 0.348. The van der Waals surface area contributed by atoms with Gasteiger partial charge in [-0.3, -0.25) is 4.98 Å². The summed E-state index contributed by atoms with van der Waals surface area (Å²) in [5, 5.41) is 7.52. The molecule has 1 atom stereocenters. The van der Waals surface area contributed by atoms with E-state index in [1.54, 1.807) is 18.5 Å². The third-order valence-electron chi connectivity index (χ3n) is 5.68. The van der Waals surface area contributed by atoms with E-state index in [1.807, 2.05) is 24.9 Å². The topological polar surface area (TPSA) is 80.5 Å². The van der Waals surface area contributed by atoms with Crippen molar-refractivity contribution in [3.05, 3.63) is 65.2 Å². The molecule has 0 amide bonds. The minimum atomic E-state index is -0.361. The van der Waals surface area contributed by atoms with Crippen LogP contribution in [-0.2, 0) is 11.2 Å². The first kappa shape index (κ1) is 19.9. The van der Waals surface area contributed by atoms with Crippen molar-refractivity contribution in [2.45, 2.75) is 32.1 Å². The van der Waals surface area contributed by atoms with Crippen molar-refractivity contribution >= 4 is 23.2 Å². The van der Waals surface area contributed by atoms with Gasteiger partial charge in [-0.05, 0) is 55.5 Å². The Morgan fingerprint density at radius 1 is 1.33 bits per heavy atom. The molecule has 0 fully saturated rings. The first-order chi connectivity index (χ1) is 14.6. The number of benzene rings is 1. The lowest BCUT2D eigenvalue weighted by molar-refractivity contribution is 0.0601. The van der Waals surface area contributed by atoms with Crippen LogP contribution in [0.3, 0.4) is 0 Å². The van der Waals surface area contributed by atoms with Crippen LogP contribution in [-0.4, -0.2) is 36.8 Å². The Morgan fingerprint density at radius 2 is 2.20 bits per heavy atom. The number of carbonyl (C=O) groups excluding carboxylic acids is 1. The van der Waals surface area contributed by atoms with Crippen molar-refractivity contribution in [2.24, 2.45) is 0 Å². The number of nitrogens with zero attached hydrogens (tertiary/aromatic N) is 3. The number of pyridine rings is 1. The van der Waals surface area contributed by atoms with Gasteiger partial charge in [0.05, 0.1) is 24.6 Å². The van der Waals surface area contributed by atoms with Gasteiger partial charge in [0.15, 0.2) is 5.82 Å². The zero-order valence-electron chi connectivity index (χ0n) is 17.5. The van der Waals surface area contributed by atoms with Crippen LogP contribution >= 0.6 is 0 Å². The van der Waals surface area contributed by atoms with Gasteiger partial charge in [-0.15, -0.1) is 0 Å². The molecule has 1 aliphatic carbocycles. The minimum absolute atomic E-state index is 0.361. The largest absolute Gasteiger partial charge is 0.465 e. The molecule has 7 nitrogen and oxygen atoms in total. The Morgan fingerprint density at radius 3 is 2.97 bits per heavy atom. The van der Waals surface area contributed by atoms with E-state index in [4.69, 9.17) is 9.26 Å². The van der Waals surface area contributed by atoms with Gasteiger partial charge in [0, 0.05) is 37.5 Å². The smallest absolute Gasteiger partial charge is 0.340 e. The number of hydrogen-bond acceptors (Lipinski definition) is 7. The predicted molar refractivity (Wildman–Crippen MR) is 115 cm³/mol. The minimum Gasteiger partial charge on any atom is -0.465 e. The summed E-state index contributed by atoms with van der Waals surface area (Å²) in [5.74, 6) is 1.60. The summed E-state index contributed by atoms with van der Waals surface area (Å²) in [5.41, 5.74) is 5.01. The van der Waals surface area contributed by atoms with Crippen LogP contribution in [0.5, 0.6) is 0 Å². The van der Waals surface area contributed by atoms with Gasteiger partial charge < -0.3 is 19.5 Å². The van der Waals surface area contributed by atoms with Gasteiger partial charge in [-0.1, -0.05) is 11.2 Å². The third kappa shape index (κ3) is 4.01. The maximum Gasteiger partial charge on any atom is 0.340 e. The predicted octanol–water partition coefficient (Wildman–Crippen LogP) is 4.46. The Balaban J connectivity index is 1.51. The number of rotatable bonds is 6. The quantitative estimate of drug-likeness (QED) is 0.605. The Labute approximate surface area is 176 Å². The maximum absolute atomic E-state index is 12.0. The van der Waals surface area contributed by atoms with E-state index in [2.05, 4.69) is 33.7 Å². The highest BCUT2D eigenvalue weighted by Crippen LogP contribution is 2.35. The summed E-state index contributed by atoms with van der Waals surface area (Å²) in [6.45, 7) is 2.63. The monoisotopic (exact) mass is 406 g/mol. The van der Waals surface area contributed by atoms with Crippen LogP contribution in [0, 0.1) is 6.92 Å². The van der Waals surface area contributed by atoms with E-state index < -0.39 is 0 Å². The molecule has 0 spiro atoms. The summed E-state index contributed by atoms with van der Waals surface area (Å²) in [6, 6.07) is 10.2. The molecule has 0 radical (unpaired) electrons. The van der Waals surface area contributed by atoms with Crippen molar-refractivity contribution in [3.8, 4) is 0 Å². The van der Waals surface area contributed by atoms with Crippen LogP contribution in [0.25, 0.3) is 0 Å². The molecule has 156 valence electrons. The summed E-state index contributed by atoms with van der Waals surface area (Å²) < 4.78 is 10.1. The van der Waals surface area contributed by atoms with Crippen molar-refractivity contribution in [1.29, 1.82) is 0 Å². The summed E-state index contributed by atoms with van der Waals surface area (Å²) >= 11 is 0. The third-order valence-corrected chi connectivity index (χ3v) is 5.68. The van der Waals surface area contributed by atoms with Crippen LogP contribution in [0.4, 0.5) is 17.2 Å². The first-order valence-electron chi connectivity index (χ1n) is 10.1. The van der Waals surface area contributed by atoms with E-state index in [0.717, 1.165) is 43.1 Å². The van der Waals surface area contributed by atoms with Crippen molar-refractivity contribution in [1.82, 2.24) is 10.1 Å². The second-order valence-electron chi connectivity index (χ2n) is 7.62. The summed E-state index contributed by atoms with van der Waals surface area (Å²) in [4.78, 5) is 18.2. The zero-order chi connectivity index (χ0) is 21.1. The standard InChI is InChI=1S/C23H26N4O3/c1-15-11-22(26-30-15)27(2)18-7-8-19-16(12-18)5-4-6-17(19)13-25-21-14-24-10-9-20(21)23(28)29-3/h7-12,14,17,25H,4-6,13H2,1-3H3/t17-/m0/s1. The molecular weight excluding hydrogens is 380 g/mol. The Kier molecular flexibility index (Phi) is 5.70. The number of hydrogen-bond donors (Lipinski definition) is 1. The molecule has 30 heavy (non-hydrogen) atoms. The van der Waals surface area contributed by atoms with E-state index >= 15 is 0 Å². The van der Waals surface area contributed by atoms with E-state index in [0.29, 0.717) is 17.2 Å².